The molecule has 2 atom stereocenters. The van der Waals surface area contributed by atoms with E-state index in [0.29, 0.717) is 12.1 Å². The van der Waals surface area contributed by atoms with E-state index in [-0.39, 0.29) is 23.6 Å². The van der Waals surface area contributed by atoms with Gasteiger partial charge in [-0.15, -0.1) is 11.3 Å². The van der Waals surface area contributed by atoms with Crippen molar-refractivity contribution in [2.45, 2.75) is 20.3 Å². The lowest BCUT2D eigenvalue weighted by molar-refractivity contribution is -0.120. The predicted octanol–water partition coefficient (Wildman–Crippen LogP) is 5.28. The summed E-state index contributed by atoms with van der Waals surface area (Å²) in [4.78, 5) is 17.3. The molecule has 0 spiro atoms. The molecule has 2 N–H and O–H groups in total. The lowest BCUT2D eigenvalue weighted by atomic mass is 9.92. The first kappa shape index (κ1) is 19.3. The summed E-state index contributed by atoms with van der Waals surface area (Å²) < 4.78 is 14.4. The van der Waals surface area contributed by atoms with Crippen LogP contribution >= 0.6 is 11.3 Å². The number of hydrogen-bond acceptors (Lipinski definition) is 4. The number of anilines is 1. The molecule has 1 amide bonds. The minimum Gasteiger partial charge on any atom is -0.326 e. The summed E-state index contributed by atoms with van der Waals surface area (Å²) in [5.74, 6) is -0.622. The number of fused-ring (bicyclic) bond motifs is 1. The van der Waals surface area contributed by atoms with Gasteiger partial charge in [0, 0.05) is 29.8 Å². The van der Waals surface area contributed by atoms with E-state index in [1.54, 1.807) is 29.7 Å². The van der Waals surface area contributed by atoms with E-state index >= 15 is 0 Å². The number of hydrogen-bond donors (Lipinski definition) is 2. The van der Waals surface area contributed by atoms with Gasteiger partial charge in [0.1, 0.15) is 5.82 Å². The maximum absolute atomic E-state index is 13.3. The Morgan fingerprint density at radius 1 is 1.21 bits per heavy atom. The molecule has 2 aromatic heterocycles. The van der Waals surface area contributed by atoms with Crippen molar-refractivity contribution in [2.24, 2.45) is 11.8 Å². The number of halogens is 1. The zero-order chi connectivity index (χ0) is 20.4. The number of nitrogens with one attached hydrogen (secondary N) is 2. The summed E-state index contributed by atoms with van der Waals surface area (Å²) in [6.07, 6.45) is 4.37. The SMILES string of the molecule is CC(Cc1nc2ccc(-c3cn[nH]c3)cc2s1)C(C)C(=O)Nc1cccc(F)c1. The van der Waals surface area contributed by atoms with Gasteiger partial charge in [0.05, 0.1) is 21.4 Å². The highest BCUT2D eigenvalue weighted by atomic mass is 32.1. The largest absolute Gasteiger partial charge is 0.326 e. The highest BCUT2D eigenvalue weighted by Crippen LogP contribution is 2.30. The first-order valence-electron chi connectivity index (χ1n) is 9.44. The molecule has 0 saturated heterocycles. The molecule has 4 aromatic rings. The average Bonchev–Trinajstić information content (AvgIpc) is 3.36. The number of aromatic nitrogens is 3. The molecule has 5 nitrogen and oxygen atoms in total. The molecule has 0 fully saturated rings. The molecule has 0 bridgehead atoms. The minimum absolute atomic E-state index is 0.0949. The molecule has 2 heterocycles. The van der Waals surface area contributed by atoms with E-state index in [1.807, 2.05) is 32.2 Å². The molecular weight excluding hydrogens is 387 g/mol. The molecule has 2 aromatic carbocycles. The number of carbonyl (C=O) groups is 1. The monoisotopic (exact) mass is 408 g/mol. The van der Waals surface area contributed by atoms with Gasteiger partial charge in [-0.1, -0.05) is 26.0 Å². The van der Waals surface area contributed by atoms with E-state index in [4.69, 9.17) is 4.98 Å². The van der Waals surface area contributed by atoms with Crippen molar-refractivity contribution >= 4 is 33.1 Å². The number of benzene rings is 2. The summed E-state index contributed by atoms with van der Waals surface area (Å²) in [6.45, 7) is 3.93. The summed E-state index contributed by atoms with van der Waals surface area (Å²) in [5.41, 5.74) is 3.57. The Kier molecular flexibility index (Phi) is 5.40. The maximum Gasteiger partial charge on any atom is 0.227 e. The van der Waals surface area contributed by atoms with Gasteiger partial charge in [0.15, 0.2) is 0 Å². The number of thiazole rings is 1. The molecule has 0 aliphatic heterocycles. The minimum atomic E-state index is -0.368. The Balaban J connectivity index is 1.45. The topological polar surface area (TPSA) is 70.7 Å². The third kappa shape index (κ3) is 4.35. The number of aromatic amines is 1. The number of amides is 1. The van der Waals surface area contributed by atoms with Gasteiger partial charge >= 0.3 is 0 Å². The molecule has 0 radical (unpaired) electrons. The van der Waals surface area contributed by atoms with Crippen molar-refractivity contribution in [3.8, 4) is 11.1 Å². The lowest BCUT2D eigenvalue weighted by Gasteiger charge is -2.18. The van der Waals surface area contributed by atoms with Gasteiger partial charge in [-0.05, 0) is 41.8 Å². The van der Waals surface area contributed by atoms with Crippen molar-refractivity contribution in [2.75, 3.05) is 5.32 Å². The van der Waals surface area contributed by atoms with Crippen LogP contribution in [0, 0.1) is 17.7 Å². The molecule has 7 heteroatoms. The van der Waals surface area contributed by atoms with Crippen molar-refractivity contribution in [1.82, 2.24) is 15.2 Å². The number of carbonyl (C=O) groups excluding carboxylic acids is 1. The van der Waals surface area contributed by atoms with Crippen molar-refractivity contribution in [3.05, 3.63) is 65.7 Å². The van der Waals surface area contributed by atoms with E-state index in [1.165, 1.54) is 12.1 Å². The highest BCUT2D eigenvalue weighted by Gasteiger charge is 2.22. The van der Waals surface area contributed by atoms with E-state index in [0.717, 1.165) is 26.4 Å². The third-order valence-electron chi connectivity index (χ3n) is 5.12. The quantitative estimate of drug-likeness (QED) is 0.456. The fraction of sp³-hybridized carbons (Fsp3) is 0.227. The van der Waals surface area contributed by atoms with Crippen LogP contribution in [-0.4, -0.2) is 21.1 Å². The second-order valence-electron chi connectivity index (χ2n) is 7.25. The van der Waals surface area contributed by atoms with Gasteiger partial charge in [-0.25, -0.2) is 9.37 Å². The van der Waals surface area contributed by atoms with Crippen LogP contribution in [0.5, 0.6) is 0 Å². The standard InChI is InChI=1S/C22H21FN4OS/c1-13(14(2)22(28)26-18-5-3-4-17(23)10-18)8-21-27-19-7-6-15(9-20(19)29-21)16-11-24-25-12-16/h3-7,9-14H,8H2,1-2H3,(H,24,25)(H,26,28). The Morgan fingerprint density at radius 2 is 2.07 bits per heavy atom. The van der Waals surface area contributed by atoms with Gasteiger partial charge in [0.25, 0.3) is 0 Å². The Hall–Kier alpha value is -3.06. The number of nitrogens with zero attached hydrogens (tertiary/aromatic N) is 2. The molecule has 0 saturated carbocycles. The van der Waals surface area contributed by atoms with Crippen LogP contribution in [0.3, 0.4) is 0 Å². The molecule has 0 aliphatic rings. The summed E-state index contributed by atoms with van der Waals surface area (Å²) in [7, 11) is 0. The second-order valence-corrected chi connectivity index (χ2v) is 8.36. The van der Waals surface area contributed by atoms with Crippen LogP contribution < -0.4 is 5.32 Å². The Labute approximate surface area is 172 Å². The molecule has 0 aliphatic carbocycles. The van der Waals surface area contributed by atoms with Crippen LogP contribution in [0.2, 0.25) is 0 Å². The van der Waals surface area contributed by atoms with Gasteiger partial charge in [0.2, 0.25) is 5.91 Å². The molecule has 148 valence electrons. The first-order valence-corrected chi connectivity index (χ1v) is 10.3. The van der Waals surface area contributed by atoms with Crippen molar-refractivity contribution in [3.63, 3.8) is 0 Å². The van der Waals surface area contributed by atoms with Crippen LogP contribution in [0.15, 0.2) is 54.9 Å². The molecule has 29 heavy (non-hydrogen) atoms. The fourth-order valence-corrected chi connectivity index (χ4v) is 4.33. The van der Waals surface area contributed by atoms with E-state index in [9.17, 15) is 9.18 Å². The summed E-state index contributed by atoms with van der Waals surface area (Å²) >= 11 is 1.65. The van der Waals surface area contributed by atoms with Crippen molar-refractivity contribution < 1.29 is 9.18 Å². The molecule has 4 rings (SSSR count). The summed E-state index contributed by atoms with van der Waals surface area (Å²) in [5, 5.41) is 10.6. The molecule has 2 unspecified atom stereocenters. The zero-order valence-corrected chi connectivity index (χ0v) is 17.0. The van der Waals surface area contributed by atoms with Crippen molar-refractivity contribution in [1.29, 1.82) is 0 Å². The first-order chi connectivity index (χ1) is 14.0. The highest BCUT2D eigenvalue weighted by molar-refractivity contribution is 7.18. The van der Waals surface area contributed by atoms with Crippen LogP contribution in [0.1, 0.15) is 18.9 Å². The average molecular weight is 409 g/mol. The Morgan fingerprint density at radius 3 is 2.83 bits per heavy atom. The summed E-state index contributed by atoms with van der Waals surface area (Å²) in [6, 6.07) is 12.1. The third-order valence-corrected chi connectivity index (χ3v) is 6.16. The van der Waals surface area contributed by atoms with Crippen LogP contribution in [0.4, 0.5) is 10.1 Å². The maximum atomic E-state index is 13.3. The van der Waals surface area contributed by atoms with Gasteiger partial charge < -0.3 is 5.32 Å². The predicted molar refractivity (Wildman–Crippen MR) is 114 cm³/mol. The lowest BCUT2D eigenvalue weighted by Crippen LogP contribution is -2.26. The molecular formula is C22H21FN4OS. The number of rotatable bonds is 6. The van der Waals surface area contributed by atoms with Gasteiger partial charge in [-0.3, -0.25) is 9.89 Å². The Bertz CT molecular complexity index is 1140. The normalized spacial score (nSPS) is 13.3. The number of H-pyrrole nitrogens is 1. The van der Waals surface area contributed by atoms with E-state index in [2.05, 4.69) is 21.6 Å². The zero-order valence-electron chi connectivity index (χ0n) is 16.1. The van der Waals surface area contributed by atoms with Crippen LogP contribution in [-0.2, 0) is 11.2 Å². The van der Waals surface area contributed by atoms with Gasteiger partial charge in [-0.2, -0.15) is 5.10 Å². The fourth-order valence-electron chi connectivity index (χ4n) is 3.18. The smallest absolute Gasteiger partial charge is 0.227 e. The van der Waals surface area contributed by atoms with E-state index < -0.39 is 0 Å². The van der Waals surface area contributed by atoms with Crippen LogP contribution in [0.25, 0.3) is 21.3 Å². The second kappa shape index (κ2) is 8.13.